The van der Waals surface area contributed by atoms with Crippen LogP contribution in [0.4, 0.5) is 0 Å². The molecule has 0 aromatic heterocycles. The van der Waals surface area contributed by atoms with E-state index in [1.807, 2.05) is 39.0 Å². The molecular formula is C20H22Br2N2O4. The topological polar surface area (TPSA) is 69.2 Å². The van der Waals surface area contributed by atoms with Crippen LogP contribution < -0.4 is 19.6 Å². The van der Waals surface area contributed by atoms with Crippen molar-refractivity contribution in [2.45, 2.75) is 20.8 Å². The molecule has 0 fully saturated rings. The third-order valence-electron chi connectivity index (χ3n) is 3.72. The molecule has 0 atom stereocenters. The van der Waals surface area contributed by atoms with Gasteiger partial charge in [-0.2, -0.15) is 5.10 Å². The highest BCUT2D eigenvalue weighted by molar-refractivity contribution is 9.10. The molecule has 0 saturated heterocycles. The van der Waals surface area contributed by atoms with Gasteiger partial charge in [0, 0.05) is 4.47 Å². The molecule has 0 spiro atoms. The number of halogens is 2. The van der Waals surface area contributed by atoms with Gasteiger partial charge in [-0.05, 0) is 77.7 Å². The Morgan fingerprint density at radius 3 is 2.39 bits per heavy atom. The second kappa shape index (κ2) is 10.5. The maximum Gasteiger partial charge on any atom is 0.277 e. The van der Waals surface area contributed by atoms with Gasteiger partial charge in [-0.1, -0.05) is 15.9 Å². The van der Waals surface area contributed by atoms with Crippen LogP contribution in [0.25, 0.3) is 0 Å². The van der Waals surface area contributed by atoms with Gasteiger partial charge in [0.05, 0.1) is 24.4 Å². The molecule has 0 bridgehead atoms. The lowest BCUT2D eigenvalue weighted by Crippen LogP contribution is -2.25. The molecule has 0 aliphatic heterocycles. The lowest BCUT2D eigenvalue weighted by atomic mass is 10.1. The molecule has 2 aromatic carbocycles. The van der Waals surface area contributed by atoms with Crippen molar-refractivity contribution in [3.05, 3.63) is 49.9 Å². The summed E-state index contributed by atoms with van der Waals surface area (Å²) in [6, 6.07) is 7.48. The zero-order valence-corrected chi connectivity index (χ0v) is 19.3. The molecule has 0 unspecified atom stereocenters. The average molecular weight is 514 g/mol. The molecular weight excluding hydrogens is 492 g/mol. The van der Waals surface area contributed by atoms with Gasteiger partial charge < -0.3 is 14.2 Å². The Bertz CT molecular complexity index is 862. The van der Waals surface area contributed by atoms with E-state index < -0.39 is 0 Å². The van der Waals surface area contributed by atoms with Crippen LogP contribution in [0.1, 0.15) is 23.6 Å². The van der Waals surface area contributed by atoms with Crippen LogP contribution in [0.2, 0.25) is 0 Å². The van der Waals surface area contributed by atoms with Gasteiger partial charge in [0.15, 0.2) is 18.1 Å². The number of aryl methyl sites for hydroxylation is 2. The number of amides is 1. The van der Waals surface area contributed by atoms with E-state index in [1.54, 1.807) is 13.2 Å². The summed E-state index contributed by atoms with van der Waals surface area (Å²) in [6.45, 7) is 6.16. The molecule has 0 aliphatic rings. The first-order valence-electron chi connectivity index (χ1n) is 8.57. The number of methoxy groups -OCH3 is 1. The maximum atomic E-state index is 12.0. The number of carbonyl (C=O) groups is 1. The van der Waals surface area contributed by atoms with Crippen molar-refractivity contribution in [1.29, 1.82) is 0 Å². The van der Waals surface area contributed by atoms with Gasteiger partial charge >= 0.3 is 0 Å². The molecule has 8 heteroatoms. The Kier molecular flexibility index (Phi) is 8.32. The summed E-state index contributed by atoms with van der Waals surface area (Å²) in [7, 11) is 1.57. The van der Waals surface area contributed by atoms with E-state index in [1.165, 1.54) is 6.21 Å². The largest absolute Gasteiger partial charge is 0.493 e. The fourth-order valence-electron chi connectivity index (χ4n) is 2.57. The molecule has 0 heterocycles. The number of rotatable bonds is 8. The second-order valence-corrected chi connectivity index (χ2v) is 7.69. The van der Waals surface area contributed by atoms with Crippen LogP contribution in [0.5, 0.6) is 17.2 Å². The van der Waals surface area contributed by atoms with E-state index in [0.29, 0.717) is 23.9 Å². The van der Waals surface area contributed by atoms with Crippen molar-refractivity contribution in [2.24, 2.45) is 5.10 Å². The standard InChI is InChI=1S/C20H22Br2N2O4/c1-5-27-20-16(22)8-14(9-17(20)26-4)10-23-24-18(25)11-28-19-12(2)6-15(21)7-13(19)3/h6-10H,5,11H2,1-4H3,(H,24,25)/b23-10+. The quantitative estimate of drug-likeness (QED) is 0.408. The second-order valence-electron chi connectivity index (χ2n) is 5.92. The average Bonchev–Trinajstić information content (AvgIpc) is 2.62. The molecule has 2 aromatic rings. The van der Waals surface area contributed by atoms with Crippen molar-refractivity contribution in [2.75, 3.05) is 20.3 Å². The predicted molar refractivity (Wildman–Crippen MR) is 117 cm³/mol. The Hall–Kier alpha value is -2.06. The summed E-state index contributed by atoms with van der Waals surface area (Å²) in [5, 5.41) is 3.98. The van der Waals surface area contributed by atoms with E-state index in [0.717, 1.165) is 25.6 Å². The number of ether oxygens (including phenoxy) is 3. The van der Waals surface area contributed by atoms with Crippen molar-refractivity contribution in [3.8, 4) is 17.2 Å². The smallest absolute Gasteiger partial charge is 0.277 e. The minimum absolute atomic E-state index is 0.128. The zero-order chi connectivity index (χ0) is 20.7. The number of benzene rings is 2. The third-order valence-corrected chi connectivity index (χ3v) is 4.76. The van der Waals surface area contributed by atoms with Gasteiger partial charge in [-0.3, -0.25) is 4.79 Å². The highest BCUT2D eigenvalue weighted by Crippen LogP contribution is 2.36. The fourth-order valence-corrected chi connectivity index (χ4v) is 3.83. The molecule has 0 aliphatic carbocycles. The van der Waals surface area contributed by atoms with E-state index in [4.69, 9.17) is 14.2 Å². The minimum Gasteiger partial charge on any atom is -0.493 e. The molecule has 1 amide bonds. The number of carbonyl (C=O) groups excluding carboxylic acids is 1. The van der Waals surface area contributed by atoms with E-state index in [9.17, 15) is 4.79 Å². The van der Waals surface area contributed by atoms with Crippen LogP contribution in [0.15, 0.2) is 38.3 Å². The first-order valence-corrected chi connectivity index (χ1v) is 10.2. The van der Waals surface area contributed by atoms with Crippen LogP contribution in [0.3, 0.4) is 0 Å². The lowest BCUT2D eigenvalue weighted by Gasteiger charge is -2.12. The van der Waals surface area contributed by atoms with E-state index in [2.05, 4.69) is 42.4 Å². The monoisotopic (exact) mass is 512 g/mol. The summed E-state index contributed by atoms with van der Waals surface area (Å²) in [5.74, 6) is 1.55. The number of nitrogens with zero attached hydrogens (tertiary/aromatic N) is 1. The van der Waals surface area contributed by atoms with Crippen LogP contribution in [-0.2, 0) is 4.79 Å². The van der Waals surface area contributed by atoms with E-state index >= 15 is 0 Å². The highest BCUT2D eigenvalue weighted by atomic mass is 79.9. The Labute approximate surface area is 181 Å². The third kappa shape index (κ3) is 5.97. The minimum atomic E-state index is -0.352. The molecule has 2 rings (SSSR count). The fraction of sp³-hybridized carbons (Fsp3) is 0.300. The summed E-state index contributed by atoms with van der Waals surface area (Å²) in [6.07, 6.45) is 1.52. The molecule has 0 saturated carbocycles. The number of hydrogen-bond acceptors (Lipinski definition) is 5. The van der Waals surface area contributed by atoms with Gasteiger partial charge in [0.1, 0.15) is 5.75 Å². The van der Waals surface area contributed by atoms with E-state index in [-0.39, 0.29) is 12.5 Å². The maximum absolute atomic E-state index is 12.0. The van der Waals surface area contributed by atoms with Gasteiger partial charge in [0.25, 0.3) is 5.91 Å². The SMILES string of the molecule is CCOc1c(Br)cc(/C=N/NC(=O)COc2c(C)cc(Br)cc2C)cc1OC. The molecule has 150 valence electrons. The van der Waals surface area contributed by atoms with Gasteiger partial charge in [0.2, 0.25) is 0 Å². The van der Waals surface area contributed by atoms with Crippen LogP contribution in [-0.4, -0.2) is 32.4 Å². The van der Waals surface area contributed by atoms with Crippen LogP contribution >= 0.6 is 31.9 Å². The van der Waals surface area contributed by atoms with Gasteiger partial charge in [-0.15, -0.1) is 0 Å². The Balaban J connectivity index is 1.97. The highest BCUT2D eigenvalue weighted by Gasteiger charge is 2.11. The summed E-state index contributed by atoms with van der Waals surface area (Å²) < 4.78 is 18.2. The summed E-state index contributed by atoms with van der Waals surface area (Å²) >= 11 is 6.89. The Morgan fingerprint density at radius 2 is 1.79 bits per heavy atom. The van der Waals surface area contributed by atoms with Crippen molar-refractivity contribution >= 4 is 44.0 Å². The Morgan fingerprint density at radius 1 is 1.11 bits per heavy atom. The number of hydrazone groups is 1. The lowest BCUT2D eigenvalue weighted by molar-refractivity contribution is -0.123. The zero-order valence-electron chi connectivity index (χ0n) is 16.1. The molecule has 1 N–H and O–H groups in total. The summed E-state index contributed by atoms with van der Waals surface area (Å²) in [5.41, 5.74) is 5.11. The first kappa shape index (κ1) is 22.2. The van der Waals surface area contributed by atoms with Gasteiger partial charge in [-0.25, -0.2) is 5.43 Å². The van der Waals surface area contributed by atoms with Crippen molar-refractivity contribution in [1.82, 2.24) is 5.43 Å². The van der Waals surface area contributed by atoms with Crippen molar-refractivity contribution < 1.29 is 19.0 Å². The first-order chi connectivity index (χ1) is 13.3. The van der Waals surface area contributed by atoms with Crippen molar-refractivity contribution in [3.63, 3.8) is 0 Å². The normalized spacial score (nSPS) is 10.8. The molecule has 0 radical (unpaired) electrons. The predicted octanol–water partition coefficient (Wildman–Crippen LogP) is 4.76. The van der Waals surface area contributed by atoms with Crippen LogP contribution in [0, 0.1) is 13.8 Å². The molecule has 6 nitrogen and oxygen atoms in total. The summed E-state index contributed by atoms with van der Waals surface area (Å²) in [4.78, 5) is 12.0. The number of nitrogens with one attached hydrogen (secondary N) is 1. The molecule has 28 heavy (non-hydrogen) atoms. The number of hydrogen-bond donors (Lipinski definition) is 1.